The number of carbonyl (C=O) groups is 3. The standard InChI is InChI=1S/C41H69N5O8/c1-23-31-18-28(41(31,3)4)19-32(23)42-38(49)36-35(24(2)48)34(22-47)54-46(36)20-25-9-8-10-30(37(25)52-7)26-15-27(17-29(16-26)43(5)6)39(50)45-21-33(45)40(51)44-11-13-53-14-12-44/h23-37,47-48H,8-22H2,1-7H3,(H,42,49)/t23-,24-,25?,26?,27?,28+,29?,30?,31-,32-,33+,34-,35-,36-,37?,45?/m0/s1. The molecule has 5 saturated carbocycles. The summed E-state index contributed by atoms with van der Waals surface area (Å²) in [5.41, 5.74) is 0.304. The monoisotopic (exact) mass is 760 g/mol. The number of fused-ring (bicyclic) bond motifs is 2. The molecule has 54 heavy (non-hydrogen) atoms. The van der Waals surface area contributed by atoms with E-state index in [0.717, 1.165) is 44.9 Å². The summed E-state index contributed by atoms with van der Waals surface area (Å²) >= 11 is 0. The molecule has 3 saturated heterocycles. The van der Waals surface area contributed by atoms with Gasteiger partial charge in [-0.15, -0.1) is 0 Å². The Labute approximate surface area is 322 Å². The molecule has 2 bridgehead atoms. The lowest BCUT2D eigenvalue weighted by molar-refractivity contribution is -0.193. The van der Waals surface area contributed by atoms with Crippen molar-refractivity contribution in [1.82, 2.24) is 25.1 Å². The number of ether oxygens (including phenoxy) is 2. The van der Waals surface area contributed by atoms with Crippen molar-refractivity contribution in [2.45, 2.75) is 122 Å². The first kappa shape index (κ1) is 40.3. The van der Waals surface area contributed by atoms with Crippen LogP contribution in [0, 0.1) is 52.8 Å². The van der Waals surface area contributed by atoms with Crippen molar-refractivity contribution in [1.29, 1.82) is 0 Å². The van der Waals surface area contributed by atoms with Crippen LogP contribution in [0.25, 0.3) is 0 Å². The highest BCUT2D eigenvalue weighted by Gasteiger charge is 2.58. The minimum atomic E-state index is -0.845. The fourth-order valence-electron chi connectivity index (χ4n) is 12.2. The summed E-state index contributed by atoms with van der Waals surface area (Å²) < 4.78 is 11.8. The summed E-state index contributed by atoms with van der Waals surface area (Å²) in [6, 6.07) is -0.753. The molecular formula is C41H69N5O8. The van der Waals surface area contributed by atoms with Gasteiger partial charge in [0.2, 0.25) is 17.7 Å². The van der Waals surface area contributed by atoms with Crippen LogP contribution >= 0.6 is 0 Å². The Morgan fingerprint density at radius 1 is 1.04 bits per heavy atom. The van der Waals surface area contributed by atoms with Crippen molar-refractivity contribution in [3.63, 3.8) is 0 Å². The molecule has 3 N–H and O–H groups in total. The quantitative estimate of drug-likeness (QED) is 0.268. The van der Waals surface area contributed by atoms with Gasteiger partial charge < -0.3 is 39.7 Å². The van der Waals surface area contributed by atoms with Crippen LogP contribution < -0.4 is 5.32 Å². The van der Waals surface area contributed by atoms with Gasteiger partial charge in [-0.05, 0) is 101 Å². The Morgan fingerprint density at radius 2 is 1.78 bits per heavy atom. The van der Waals surface area contributed by atoms with E-state index in [1.165, 1.54) is 6.42 Å². The number of methoxy groups -OCH3 is 1. The number of carbonyl (C=O) groups excluding carboxylic acids is 3. The van der Waals surface area contributed by atoms with Crippen molar-refractivity contribution in [3.05, 3.63) is 0 Å². The molecule has 13 heteroatoms. The van der Waals surface area contributed by atoms with Gasteiger partial charge in [-0.3, -0.25) is 19.2 Å². The van der Waals surface area contributed by atoms with E-state index < -0.39 is 24.2 Å². The first-order valence-corrected chi connectivity index (χ1v) is 21.1. The Bertz CT molecular complexity index is 1360. The SMILES string of the molecule is COC1C(CN2O[C@@H](CO)[C@H]([C@H](C)O)[C@H]2C(=O)N[C@H]2C[C@H]3C[C@@H]([C@@H]2C)C3(C)C)CCCC1C1CC(C(=O)N2C[C@@H]2C(=O)N2CCOCC2)CC(N(C)C)C1. The molecule has 0 aromatic carbocycles. The largest absolute Gasteiger partial charge is 0.394 e. The van der Waals surface area contributed by atoms with Gasteiger partial charge in [0.15, 0.2) is 0 Å². The Hall–Kier alpha value is -1.87. The molecule has 8 aliphatic rings. The number of aliphatic hydroxyl groups excluding tert-OH is 2. The zero-order chi connectivity index (χ0) is 38.6. The number of hydrogen-bond donors (Lipinski definition) is 3. The van der Waals surface area contributed by atoms with Gasteiger partial charge in [0, 0.05) is 56.6 Å². The summed E-state index contributed by atoms with van der Waals surface area (Å²) in [4.78, 5) is 53.8. The smallest absolute Gasteiger partial charge is 0.247 e. The third kappa shape index (κ3) is 7.61. The van der Waals surface area contributed by atoms with Crippen LogP contribution in [-0.2, 0) is 28.7 Å². The molecule has 5 aliphatic carbocycles. The molecule has 8 fully saturated rings. The first-order chi connectivity index (χ1) is 25.7. The molecule has 8 rings (SSSR count). The summed E-state index contributed by atoms with van der Waals surface area (Å²) in [6.07, 6.45) is 6.01. The molecule has 0 radical (unpaired) electrons. The highest BCUT2D eigenvalue weighted by Crippen LogP contribution is 2.61. The maximum absolute atomic E-state index is 14.3. The molecule has 0 spiro atoms. The summed E-state index contributed by atoms with van der Waals surface area (Å²) in [6.45, 7) is 11.6. The van der Waals surface area contributed by atoms with Crippen molar-refractivity contribution >= 4 is 17.7 Å². The highest BCUT2D eigenvalue weighted by molar-refractivity contribution is 5.93. The number of rotatable bonds is 11. The Balaban J connectivity index is 1.04. The van der Waals surface area contributed by atoms with E-state index in [1.807, 2.05) is 4.90 Å². The topological polar surface area (TPSA) is 144 Å². The average molecular weight is 760 g/mol. The molecule has 3 aliphatic heterocycles. The average Bonchev–Trinajstić information content (AvgIpc) is 3.88. The molecule has 13 nitrogen and oxygen atoms in total. The second-order valence-electron chi connectivity index (χ2n) is 19.0. The third-order valence-corrected chi connectivity index (χ3v) is 15.7. The van der Waals surface area contributed by atoms with Gasteiger partial charge in [0.05, 0.1) is 38.6 Å². The number of nitrogens with one attached hydrogen (secondary N) is 1. The number of hydrogen-bond acceptors (Lipinski definition) is 10. The van der Waals surface area contributed by atoms with E-state index in [4.69, 9.17) is 14.3 Å². The van der Waals surface area contributed by atoms with Crippen molar-refractivity contribution in [2.75, 3.05) is 67.2 Å². The lowest BCUT2D eigenvalue weighted by Crippen LogP contribution is -2.62. The number of hydroxylamine groups is 2. The molecule has 0 aromatic heterocycles. The third-order valence-electron chi connectivity index (χ3n) is 15.7. The zero-order valence-electron chi connectivity index (χ0n) is 33.9. The summed E-state index contributed by atoms with van der Waals surface area (Å²) in [5.74, 6) is 1.40. The summed E-state index contributed by atoms with van der Waals surface area (Å²) in [7, 11) is 5.97. The van der Waals surface area contributed by atoms with Gasteiger partial charge >= 0.3 is 0 Å². The van der Waals surface area contributed by atoms with Crippen LogP contribution in [0.5, 0.6) is 0 Å². The van der Waals surface area contributed by atoms with Crippen LogP contribution in [-0.4, -0.2) is 157 Å². The Kier molecular flexibility index (Phi) is 12.1. The lowest BCUT2D eigenvalue weighted by atomic mass is 9.45. The fourth-order valence-corrected chi connectivity index (χ4v) is 12.2. The van der Waals surface area contributed by atoms with Crippen molar-refractivity contribution in [2.24, 2.45) is 52.8 Å². The zero-order valence-corrected chi connectivity index (χ0v) is 33.9. The first-order valence-electron chi connectivity index (χ1n) is 21.1. The van der Waals surface area contributed by atoms with Gasteiger partial charge in [-0.1, -0.05) is 27.2 Å². The van der Waals surface area contributed by atoms with E-state index in [0.29, 0.717) is 62.6 Å². The number of aliphatic hydroxyl groups is 2. The maximum atomic E-state index is 14.3. The second-order valence-corrected chi connectivity index (χ2v) is 19.0. The minimum Gasteiger partial charge on any atom is -0.394 e. The van der Waals surface area contributed by atoms with Crippen LogP contribution in [0.1, 0.15) is 79.1 Å². The molecule has 3 heterocycles. The summed E-state index contributed by atoms with van der Waals surface area (Å²) in [5, 5.41) is 26.6. The molecule has 3 amide bonds. The van der Waals surface area contributed by atoms with Crippen molar-refractivity contribution < 1.29 is 38.9 Å². The maximum Gasteiger partial charge on any atom is 0.247 e. The second kappa shape index (κ2) is 16.2. The van der Waals surface area contributed by atoms with E-state index in [9.17, 15) is 24.6 Å². The van der Waals surface area contributed by atoms with Gasteiger partial charge in [-0.25, -0.2) is 0 Å². The minimum absolute atomic E-state index is 0.0453. The van der Waals surface area contributed by atoms with Crippen LogP contribution in [0.15, 0.2) is 0 Å². The van der Waals surface area contributed by atoms with Gasteiger partial charge in [-0.2, -0.15) is 5.06 Å². The van der Waals surface area contributed by atoms with E-state index >= 15 is 0 Å². The lowest BCUT2D eigenvalue weighted by Gasteiger charge is -2.62. The predicted molar refractivity (Wildman–Crippen MR) is 202 cm³/mol. The number of amides is 3. The number of morpholine rings is 1. The van der Waals surface area contributed by atoms with Gasteiger partial charge in [0.1, 0.15) is 18.2 Å². The molecular weight excluding hydrogens is 690 g/mol. The van der Waals surface area contributed by atoms with E-state index in [-0.39, 0.29) is 72.2 Å². The van der Waals surface area contributed by atoms with E-state index in [1.54, 1.807) is 24.0 Å². The fraction of sp³-hybridized carbons (Fsp3) is 0.927. The van der Waals surface area contributed by atoms with Crippen molar-refractivity contribution in [3.8, 4) is 0 Å². The highest BCUT2D eigenvalue weighted by atomic mass is 16.7. The number of nitrogens with zero attached hydrogens (tertiary/aromatic N) is 4. The van der Waals surface area contributed by atoms with Crippen LogP contribution in [0.2, 0.25) is 0 Å². The normalized spacial score (nSPS) is 42.7. The Morgan fingerprint density at radius 3 is 2.41 bits per heavy atom. The van der Waals surface area contributed by atoms with Gasteiger partial charge in [0.25, 0.3) is 0 Å². The van der Waals surface area contributed by atoms with Crippen LogP contribution in [0.4, 0.5) is 0 Å². The molecule has 306 valence electrons. The molecule has 0 aromatic rings. The van der Waals surface area contributed by atoms with Crippen LogP contribution in [0.3, 0.4) is 0 Å². The predicted octanol–water partition coefficient (Wildman–Crippen LogP) is 1.99. The molecule has 6 unspecified atom stereocenters. The van der Waals surface area contributed by atoms with E-state index in [2.05, 4.69) is 45.1 Å². The molecule has 15 atom stereocenters.